The minimum Gasteiger partial charge on any atom is -0.398 e. The number of nitrogens with two attached hydrogens (primary N) is 1. The molecule has 4 N–H and O–H groups in total. The van der Waals surface area contributed by atoms with Gasteiger partial charge in [-0.25, -0.2) is 0 Å². The number of anilines is 1. The van der Waals surface area contributed by atoms with Gasteiger partial charge in [0.05, 0.1) is 12.7 Å². The molecule has 1 unspecified atom stereocenters. The highest BCUT2D eigenvalue weighted by Gasteiger charge is 2.12. The Kier molecular flexibility index (Phi) is 3.69. The normalized spacial score (nSPS) is 12.6. The maximum Gasteiger partial charge on any atom is 0.0811 e. The molecule has 2 aromatic rings. The molecule has 4 heteroatoms. The first-order valence-corrected chi connectivity index (χ1v) is 5.91. The number of hydrogen-bond acceptors (Lipinski definition) is 3. The molecule has 1 aromatic carbocycles. The predicted molar refractivity (Wildman–Crippen MR) is 72.1 cm³/mol. The molecule has 4 nitrogen and oxygen atoms in total. The minimum absolute atomic E-state index is 0.256. The summed E-state index contributed by atoms with van der Waals surface area (Å²) in [6.07, 6.45) is 1.56. The molecule has 0 aliphatic carbocycles. The fraction of sp³-hybridized carbons (Fsp3) is 0.286. The van der Waals surface area contributed by atoms with Crippen molar-refractivity contribution in [3.8, 4) is 11.3 Å². The van der Waals surface area contributed by atoms with E-state index in [-0.39, 0.29) is 6.61 Å². The largest absolute Gasteiger partial charge is 0.398 e. The van der Waals surface area contributed by atoms with E-state index in [9.17, 15) is 5.11 Å². The van der Waals surface area contributed by atoms with E-state index in [1.165, 1.54) is 0 Å². The lowest BCUT2D eigenvalue weighted by molar-refractivity contribution is 0.0956. The summed E-state index contributed by atoms with van der Waals surface area (Å²) in [7, 11) is 1.96. The van der Waals surface area contributed by atoms with Gasteiger partial charge in [0.15, 0.2) is 0 Å². The van der Waals surface area contributed by atoms with Crippen LogP contribution in [0.3, 0.4) is 0 Å². The van der Waals surface area contributed by atoms with Gasteiger partial charge in [-0.1, -0.05) is 18.2 Å². The fourth-order valence-electron chi connectivity index (χ4n) is 2.07. The van der Waals surface area contributed by atoms with Crippen molar-refractivity contribution < 1.29 is 10.2 Å². The summed E-state index contributed by atoms with van der Waals surface area (Å²) >= 11 is 0. The van der Waals surface area contributed by atoms with E-state index >= 15 is 0 Å². The number of aliphatic hydroxyl groups excluding tert-OH is 2. The monoisotopic (exact) mass is 246 g/mol. The number of aromatic nitrogens is 1. The van der Waals surface area contributed by atoms with Crippen LogP contribution < -0.4 is 5.73 Å². The Morgan fingerprint density at radius 1 is 1.28 bits per heavy atom. The Bertz CT molecular complexity index is 534. The number of nitrogens with zero attached hydrogens (tertiary/aromatic N) is 1. The van der Waals surface area contributed by atoms with Gasteiger partial charge in [-0.05, 0) is 17.7 Å². The molecule has 2 rings (SSSR count). The lowest BCUT2D eigenvalue weighted by atomic mass is 10.0. The number of aliphatic hydroxyl groups is 2. The summed E-state index contributed by atoms with van der Waals surface area (Å²) in [6.45, 7) is -0.256. The van der Waals surface area contributed by atoms with E-state index in [2.05, 4.69) is 0 Å². The molecule has 1 aromatic heterocycles. The summed E-state index contributed by atoms with van der Waals surface area (Å²) < 4.78 is 2.00. The molecule has 18 heavy (non-hydrogen) atoms. The van der Waals surface area contributed by atoms with Crippen molar-refractivity contribution in [3.63, 3.8) is 0 Å². The molecule has 0 amide bonds. The van der Waals surface area contributed by atoms with Crippen LogP contribution in [-0.2, 0) is 13.5 Å². The number of para-hydroxylation sites is 1. The van der Waals surface area contributed by atoms with Crippen molar-refractivity contribution in [3.05, 3.63) is 42.1 Å². The summed E-state index contributed by atoms with van der Waals surface area (Å²) in [5.74, 6) is 0. The van der Waals surface area contributed by atoms with Crippen LogP contribution in [0.15, 0.2) is 36.5 Å². The lowest BCUT2D eigenvalue weighted by Gasteiger charge is -2.14. The number of aryl methyl sites for hydroxylation is 1. The highest BCUT2D eigenvalue weighted by atomic mass is 16.3. The van der Waals surface area contributed by atoms with Gasteiger partial charge >= 0.3 is 0 Å². The predicted octanol–water partition coefficient (Wildman–Crippen LogP) is 1.17. The van der Waals surface area contributed by atoms with E-state index in [0.29, 0.717) is 12.1 Å². The summed E-state index contributed by atoms with van der Waals surface area (Å²) in [6, 6.07) is 9.71. The number of nitrogen functional groups attached to an aromatic ring is 1. The molecule has 1 atom stereocenters. The van der Waals surface area contributed by atoms with Gasteiger partial charge in [0, 0.05) is 36.6 Å². The molecule has 96 valence electrons. The second kappa shape index (κ2) is 5.25. The first-order chi connectivity index (χ1) is 8.63. The summed E-state index contributed by atoms with van der Waals surface area (Å²) in [5, 5.41) is 18.4. The van der Waals surface area contributed by atoms with Gasteiger partial charge in [0.2, 0.25) is 0 Å². The van der Waals surface area contributed by atoms with Gasteiger partial charge in [0.1, 0.15) is 0 Å². The number of hydrogen-bond donors (Lipinski definition) is 3. The van der Waals surface area contributed by atoms with E-state index in [0.717, 1.165) is 16.8 Å². The molecular weight excluding hydrogens is 228 g/mol. The quantitative estimate of drug-likeness (QED) is 0.709. The van der Waals surface area contributed by atoms with Crippen LogP contribution in [0.5, 0.6) is 0 Å². The molecule has 0 bridgehead atoms. The molecule has 0 radical (unpaired) electrons. The zero-order chi connectivity index (χ0) is 13.1. The van der Waals surface area contributed by atoms with Crippen LogP contribution in [0.25, 0.3) is 11.3 Å². The molecule has 0 aliphatic rings. The SMILES string of the molecule is Cn1cccc1-c1cccc(CC(O)CO)c1N. The van der Waals surface area contributed by atoms with Crippen LogP contribution in [0.2, 0.25) is 0 Å². The van der Waals surface area contributed by atoms with Gasteiger partial charge in [-0.2, -0.15) is 0 Å². The van der Waals surface area contributed by atoms with Gasteiger partial charge in [0.25, 0.3) is 0 Å². The molecule has 0 saturated carbocycles. The molecule has 1 heterocycles. The van der Waals surface area contributed by atoms with Gasteiger partial charge < -0.3 is 20.5 Å². The van der Waals surface area contributed by atoms with Crippen LogP contribution in [0, 0.1) is 0 Å². The molecule has 0 spiro atoms. The number of rotatable bonds is 4. The Morgan fingerprint density at radius 3 is 2.67 bits per heavy atom. The topological polar surface area (TPSA) is 71.4 Å². The zero-order valence-corrected chi connectivity index (χ0v) is 10.4. The van der Waals surface area contributed by atoms with Crippen LogP contribution in [-0.4, -0.2) is 27.5 Å². The fourth-order valence-corrected chi connectivity index (χ4v) is 2.07. The van der Waals surface area contributed by atoms with Crippen LogP contribution >= 0.6 is 0 Å². The summed E-state index contributed by atoms with van der Waals surface area (Å²) in [4.78, 5) is 0. The third-order valence-corrected chi connectivity index (χ3v) is 3.08. The average Bonchev–Trinajstić information content (AvgIpc) is 2.78. The third kappa shape index (κ3) is 2.39. The van der Waals surface area contributed by atoms with E-state index in [1.54, 1.807) is 0 Å². The van der Waals surface area contributed by atoms with Crippen molar-refractivity contribution >= 4 is 5.69 Å². The van der Waals surface area contributed by atoms with Crippen molar-refractivity contribution in [1.82, 2.24) is 4.57 Å². The van der Waals surface area contributed by atoms with Gasteiger partial charge in [-0.15, -0.1) is 0 Å². The Labute approximate surface area is 106 Å². The van der Waals surface area contributed by atoms with E-state index in [1.807, 2.05) is 48.1 Å². The average molecular weight is 246 g/mol. The molecule has 0 aliphatic heterocycles. The lowest BCUT2D eigenvalue weighted by Crippen LogP contribution is -2.16. The van der Waals surface area contributed by atoms with Crippen molar-refractivity contribution in [2.45, 2.75) is 12.5 Å². The highest BCUT2D eigenvalue weighted by Crippen LogP contribution is 2.29. The summed E-state index contributed by atoms with van der Waals surface area (Å²) in [5.41, 5.74) is 9.64. The molecular formula is C14H18N2O2. The highest BCUT2D eigenvalue weighted by molar-refractivity contribution is 5.76. The Morgan fingerprint density at radius 2 is 2.06 bits per heavy atom. The first kappa shape index (κ1) is 12.7. The minimum atomic E-state index is -0.768. The standard InChI is InChI=1S/C14H18N2O2/c1-16-7-3-6-13(16)12-5-2-4-10(14(12)15)8-11(18)9-17/h2-7,11,17-18H,8-9,15H2,1H3. The zero-order valence-electron chi connectivity index (χ0n) is 10.4. The van der Waals surface area contributed by atoms with Crippen molar-refractivity contribution in [1.29, 1.82) is 0 Å². The van der Waals surface area contributed by atoms with Crippen molar-refractivity contribution in [2.24, 2.45) is 7.05 Å². The maximum absolute atomic E-state index is 9.50. The van der Waals surface area contributed by atoms with Crippen LogP contribution in [0.1, 0.15) is 5.56 Å². The van der Waals surface area contributed by atoms with E-state index in [4.69, 9.17) is 10.8 Å². The van der Waals surface area contributed by atoms with E-state index < -0.39 is 6.10 Å². The van der Waals surface area contributed by atoms with Crippen molar-refractivity contribution in [2.75, 3.05) is 12.3 Å². The number of benzene rings is 1. The molecule has 0 fully saturated rings. The molecule has 0 saturated heterocycles. The maximum atomic E-state index is 9.50. The van der Waals surface area contributed by atoms with Gasteiger partial charge in [-0.3, -0.25) is 0 Å². The third-order valence-electron chi connectivity index (χ3n) is 3.08. The second-order valence-electron chi connectivity index (χ2n) is 4.42. The first-order valence-electron chi connectivity index (χ1n) is 5.91. The Balaban J connectivity index is 2.39. The smallest absolute Gasteiger partial charge is 0.0811 e. The van der Waals surface area contributed by atoms with Crippen LogP contribution in [0.4, 0.5) is 5.69 Å². The Hall–Kier alpha value is -1.78. The second-order valence-corrected chi connectivity index (χ2v) is 4.42.